The van der Waals surface area contributed by atoms with Gasteiger partial charge in [0.05, 0.1) is 21.4 Å². The predicted octanol–water partition coefficient (Wildman–Crippen LogP) is 5.19. The van der Waals surface area contributed by atoms with Crippen LogP contribution in [0.25, 0.3) is 10.2 Å². The third kappa shape index (κ3) is 4.08. The van der Waals surface area contributed by atoms with Crippen LogP contribution in [0.15, 0.2) is 77.9 Å². The Kier molecular flexibility index (Phi) is 5.32. The van der Waals surface area contributed by atoms with Gasteiger partial charge in [0.25, 0.3) is 11.6 Å². The molecule has 0 atom stereocenters. The number of hydrogen-bond acceptors (Lipinski definition) is 6. The van der Waals surface area contributed by atoms with Gasteiger partial charge in [0.2, 0.25) is 5.13 Å². The number of nitrogens with zero attached hydrogens (tertiary/aromatic N) is 4. The average Bonchev–Trinajstić information content (AvgIpc) is 3.17. The number of benzene rings is 3. The normalized spacial score (nSPS) is 11.1. The molecule has 0 radical (unpaired) electrons. The number of aryl methyl sites for hydroxylation is 1. The zero-order chi connectivity index (χ0) is 21.1. The van der Waals surface area contributed by atoms with E-state index in [1.54, 1.807) is 36.4 Å². The molecule has 0 aliphatic heterocycles. The monoisotopic (exact) mass is 416 g/mol. The minimum absolute atomic E-state index is 0.00842. The summed E-state index contributed by atoms with van der Waals surface area (Å²) in [6, 6.07) is 20.7. The summed E-state index contributed by atoms with van der Waals surface area (Å²) in [5, 5.41) is 16.9. The van der Waals surface area contributed by atoms with Gasteiger partial charge < -0.3 is 0 Å². The van der Waals surface area contributed by atoms with Crippen LogP contribution in [0.5, 0.6) is 0 Å². The highest BCUT2D eigenvalue weighted by atomic mass is 32.1. The van der Waals surface area contributed by atoms with Crippen molar-refractivity contribution < 1.29 is 9.72 Å². The lowest BCUT2D eigenvalue weighted by Crippen LogP contribution is -2.25. The van der Waals surface area contributed by atoms with Crippen molar-refractivity contribution >= 4 is 44.5 Å². The quantitative estimate of drug-likeness (QED) is 0.254. The summed E-state index contributed by atoms with van der Waals surface area (Å²) in [5.74, 6) is -0.315. The van der Waals surface area contributed by atoms with Gasteiger partial charge in [-0.15, -0.1) is 0 Å². The lowest BCUT2D eigenvalue weighted by atomic mass is 10.2. The van der Waals surface area contributed by atoms with E-state index >= 15 is 0 Å². The number of amides is 1. The zero-order valence-electron chi connectivity index (χ0n) is 15.9. The molecule has 1 aromatic heterocycles. The maximum absolute atomic E-state index is 13.1. The Balaban J connectivity index is 1.72. The minimum Gasteiger partial charge on any atom is -0.267 e. The summed E-state index contributed by atoms with van der Waals surface area (Å²) in [7, 11) is 0. The molecule has 148 valence electrons. The van der Waals surface area contributed by atoms with Crippen LogP contribution in [-0.2, 0) is 0 Å². The van der Waals surface area contributed by atoms with Crippen molar-refractivity contribution in [1.82, 2.24) is 4.98 Å². The third-order valence-electron chi connectivity index (χ3n) is 4.35. The number of fused-ring (bicyclic) bond motifs is 1. The van der Waals surface area contributed by atoms with Crippen molar-refractivity contribution in [3.8, 4) is 0 Å². The fraction of sp³-hybridized carbons (Fsp3) is 0.0455. The topological polar surface area (TPSA) is 88.7 Å². The van der Waals surface area contributed by atoms with Crippen LogP contribution in [0.1, 0.15) is 21.5 Å². The molecular formula is C22H16N4O3S. The molecular weight excluding hydrogens is 400 g/mol. The van der Waals surface area contributed by atoms with Gasteiger partial charge in [-0.1, -0.05) is 35.6 Å². The molecule has 4 aromatic rings. The van der Waals surface area contributed by atoms with Gasteiger partial charge in [-0.2, -0.15) is 10.1 Å². The van der Waals surface area contributed by atoms with E-state index in [0.717, 1.165) is 15.8 Å². The molecule has 3 aromatic carbocycles. The Morgan fingerprint density at radius 3 is 2.53 bits per heavy atom. The van der Waals surface area contributed by atoms with Gasteiger partial charge >= 0.3 is 0 Å². The second-order valence-corrected chi connectivity index (χ2v) is 7.55. The summed E-state index contributed by atoms with van der Waals surface area (Å²) in [6.07, 6.45) is 1.49. The molecule has 0 bridgehead atoms. The fourth-order valence-electron chi connectivity index (χ4n) is 2.81. The highest BCUT2D eigenvalue weighted by Gasteiger charge is 2.21. The lowest BCUT2D eigenvalue weighted by molar-refractivity contribution is -0.384. The van der Waals surface area contributed by atoms with Gasteiger partial charge in [0, 0.05) is 17.7 Å². The summed E-state index contributed by atoms with van der Waals surface area (Å²) in [6.45, 7) is 2.00. The van der Waals surface area contributed by atoms with Gasteiger partial charge in [0.1, 0.15) is 0 Å². The SMILES string of the molecule is Cc1ccc2nc(N(/N=C/c3ccc([N+](=O)[O-])cc3)C(=O)c3ccccc3)sc2c1. The maximum Gasteiger partial charge on any atom is 0.280 e. The van der Waals surface area contributed by atoms with E-state index in [0.29, 0.717) is 16.3 Å². The Morgan fingerprint density at radius 1 is 1.10 bits per heavy atom. The van der Waals surface area contributed by atoms with Crippen LogP contribution in [-0.4, -0.2) is 22.0 Å². The van der Waals surface area contributed by atoms with Gasteiger partial charge in [-0.3, -0.25) is 14.9 Å². The first kappa shape index (κ1) is 19.4. The van der Waals surface area contributed by atoms with Crippen molar-refractivity contribution in [3.63, 3.8) is 0 Å². The molecule has 8 heteroatoms. The smallest absolute Gasteiger partial charge is 0.267 e. The van der Waals surface area contributed by atoms with Crippen LogP contribution < -0.4 is 5.01 Å². The van der Waals surface area contributed by atoms with Crippen LogP contribution in [0.2, 0.25) is 0 Å². The van der Waals surface area contributed by atoms with E-state index in [-0.39, 0.29) is 11.6 Å². The number of nitro benzene ring substituents is 1. The molecule has 0 N–H and O–H groups in total. The first-order chi connectivity index (χ1) is 14.5. The van der Waals surface area contributed by atoms with E-state index < -0.39 is 4.92 Å². The number of nitro groups is 1. The van der Waals surface area contributed by atoms with Crippen LogP contribution in [0.3, 0.4) is 0 Å². The summed E-state index contributed by atoms with van der Waals surface area (Å²) in [4.78, 5) is 28.1. The Hall–Kier alpha value is -3.91. The molecule has 0 spiro atoms. The summed E-state index contributed by atoms with van der Waals surface area (Å²) >= 11 is 1.37. The molecule has 0 saturated carbocycles. The van der Waals surface area contributed by atoms with Crippen molar-refractivity contribution in [2.24, 2.45) is 5.10 Å². The molecule has 0 saturated heterocycles. The second-order valence-electron chi connectivity index (χ2n) is 6.54. The van der Waals surface area contributed by atoms with E-state index in [2.05, 4.69) is 10.1 Å². The third-order valence-corrected chi connectivity index (χ3v) is 5.35. The molecule has 0 fully saturated rings. The highest BCUT2D eigenvalue weighted by molar-refractivity contribution is 7.22. The molecule has 7 nitrogen and oxygen atoms in total. The van der Waals surface area contributed by atoms with Crippen molar-refractivity contribution in [2.75, 3.05) is 5.01 Å². The average molecular weight is 416 g/mol. The van der Waals surface area contributed by atoms with E-state index in [9.17, 15) is 14.9 Å². The Bertz CT molecular complexity index is 1250. The predicted molar refractivity (Wildman–Crippen MR) is 118 cm³/mol. The van der Waals surface area contributed by atoms with Gasteiger partial charge in [-0.05, 0) is 54.4 Å². The minimum atomic E-state index is -0.463. The van der Waals surface area contributed by atoms with E-state index in [1.807, 2.05) is 31.2 Å². The number of aromatic nitrogens is 1. The zero-order valence-corrected chi connectivity index (χ0v) is 16.7. The maximum atomic E-state index is 13.1. The number of thiazole rings is 1. The molecule has 4 rings (SSSR count). The molecule has 0 aliphatic carbocycles. The summed E-state index contributed by atoms with van der Waals surface area (Å²) < 4.78 is 0.960. The standard InChI is InChI=1S/C22H16N4O3S/c1-15-7-12-19-20(13-15)30-22(24-19)25(21(27)17-5-3-2-4-6-17)23-14-16-8-10-18(11-9-16)26(28)29/h2-14H,1H3/b23-14+. The number of carbonyl (C=O) groups is 1. The molecule has 1 amide bonds. The highest BCUT2D eigenvalue weighted by Crippen LogP contribution is 2.30. The van der Waals surface area contributed by atoms with Gasteiger partial charge in [-0.25, -0.2) is 4.98 Å². The van der Waals surface area contributed by atoms with Crippen LogP contribution >= 0.6 is 11.3 Å². The second kappa shape index (κ2) is 8.22. The number of rotatable bonds is 5. The Morgan fingerprint density at radius 2 is 1.83 bits per heavy atom. The molecule has 1 heterocycles. The van der Waals surface area contributed by atoms with Crippen molar-refractivity contribution in [3.05, 3.63) is 99.6 Å². The molecule has 0 aliphatic rings. The van der Waals surface area contributed by atoms with Crippen LogP contribution in [0, 0.1) is 17.0 Å². The number of anilines is 1. The number of non-ortho nitro benzene ring substituents is 1. The Labute approximate surface area is 176 Å². The van der Waals surface area contributed by atoms with Crippen molar-refractivity contribution in [1.29, 1.82) is 0 Å². The lowest BCUT2D eigenvalue weighted by Gasteiger charge is -2.13. The molecule has 0 unspecified atom stereocenters. The van der Waals surface area contributed by atoms with E-state index in [1.165, 1.54) is 34.7 Å². The van der Waals surface area contributed by atoms with Crippen LogP contribution in [0.4, 0.5) is 10.8 Å². The first-order valence-electron chi connectivity index (χ1n) is 9.06. The van der Waals surface area contributed by atoms with E-state index in [4.69, 9.17) is 0 Å². The molecule has 30 heavy (non-hydrogen) atoms. The number of carbonyl (C=O) groups excluding carboxylic acids is 1. The van der Waals surface area contributed by atoms with Crippen molar-refractivity contribution in [2.45, 2.75) is 6.92 Å². The largest absolute Gasteiger partial charge is 0.280 e. The first-order valence-corrected chi connectivity index (χ1v) is 9.88. The number of hydrogen-bond donors (Lipinski definition) is 0. The number of hydrazone groups is 1. The summed E-state index contributed by atoms with van der Waals surface area (Å²) in [5.41, 5.74) is 2.99. The fourth-order valence-corrected chi connectivity index (χ4v) is 3.83. The van der Waals surface area contributed by atoms with Gasteiger partial charge in [0.15, 0.2) is 0 Å².